The van der Waals surface area contributed by atoms with Crippen molar-refractivity contribution >= 4 is 11.6 Å². The van der Waals surface area contributed by atoms with Crippen molar-refractivity contribution < 1.29 is 18.7 Å². The number of hydrogen-bond donors (Lipinski definition) is 1. The Morgan fingerprint density at radius 3 is 2.48 bits per heavy atom. The Hall–Kier alpha value is -2.60. The second kappa shape index (κ2) is 8.86. The topological polar surface area (TPSA) is 50.8 Å². The molecule has 1 aliphatic rings. The molecule has 1 heterocycles. The maximum absolute atomic E-state index is 13.5. The Kier molecular flexibility index (Phi) is 6.29. The number of carbonyl (C=O) groups is 1. The lowest BCUT2D eigenvalue weighted by Gasteiger charge is -2.35. The van der Waals surface area contributed by atoms with E-state index in [1.165, 1.54) is 6.07 Å². The van der Waals surface area contributed by atoms with E-state index >= 15 is 0 Å². The van der Waals surface area contributed by atoms with Crippen LogP contribution in [-0.2, 0) is 4.74 Å². The third kappa shape index (κ3) is 5.20. The predicted molar refractivity (Wildman–Crippen MR) is 103 cm³/mol. The van der Waals surface area contributed by atoms with Crippen LogP contribution in [0.25, 0.3) is 0 Å². The highest BCUT2D eigenvalue weighted by Gasteiger charge is 2.26. The molecule has 0 radical (unpaired) electrons. The van der Waals surface area contributed by atoms with Gasteiger partial charge in [-0.25, -0.2) is 4.39 Å². The molecule has 1 amide bonds. The lowest BCUT2D eigenvalue weighted by atomic mass is 10.1. The molecule has 3 rings (SSSR count). The van der Waals surface area contributed by atoms with Crippen LogP contribution in [0, 0.1) is 5.82 Å². The Morgan fingerprint density at radius 1 is 1.15 bits per heavy atom. The van der Waals surface area contributed by atoms with Gasteiger partial charge >= 0.3 is 0 Å². The second-order valence-electron chi connectivity index (χ2n) is 6.75. The number of rotatable bonds is 6. The first-order valence-corrected chi connectivity index (χ1v) is 9.19. The van der Waals surface area contributed by atoms with E-state index in [2.05, 4.69) is 5.32 Å². The first-order valence-electron chi connectivity index (χ1n) is 9.19. The number of halogens is 1. The molecule has 0 aromatic heterocycles. The van der Waals surface area contributed by atoms with Crippen molar-refractivity contribution in [3.05, 3.63) is 59.9 Å². The van der Waals surface area contributed by atoms with Gasteiger partial charge in [-0.3, -0.25) is 4.79 Å². The Morgan fingerprint density at radius 2 is 1.81 bits per heavy atom. The van der Waals surface area contributed by atoms with E-state index in [9.17, 15) is 9.18 Å². The number of hydrogen-bond acceptors (Lipinski definition) is 4. The van der Waals surface area contributed by atoms with Gasteiger partial charge in [-0.1, -0.05) is 12.1 Å². The molecule has 2 aromatic carbocycles. The van der Waals surface area contributed by atoms with E-state index in [0.717, 1.165) is 5.69 Å². The summed E-state index contributed by atoms with van der Waals surface area (Å²) >= 11 is 0. The zero-order chi connectivity index (χ0) is 19.2. The van der Waals surface area contributed by atoms with Gasteiger partial charge in [0.2, 0.25) is 0 Å². The van der Waals surface area contributed by atoms with Crippen LogP contribution in [0.1, 0.15) is 24.2 Å². The predicted octanol–water partition coefficient (Wildman–Crippen LogP) is 3.57. The van der Waals surface area contributed by atoms with Crippen molar-refractivity contribution in [2.24, 2.45) is 0 Å². The summed E-state index contributed by atoms with van der Waals surface area (Å²) in [7, 11) is 0. The molecule has 2 unspecified atom stereocenters. The molecule has 6 heteroatoms. The fourth-order valence-corrected chi connectivity index (χ4v) is 3.18. The van der Waals surface area contributed by atoms with Gasteiger partial charge in [-0.2, -0.15) is 0 Å². The maximum Gasteiger partial charge on any atom is 0.254 e. The van der Waals surface area contributed by atoms with E-state index in [4.69, 9.17) is 9.47 Å². The van der Waals surface area contributed by atoms with Gasteiger partial charge in [0, 0.05) is 30.9 Å². The van der Waals surface area contributed by atoms with Crippen LogP contribution in [0.15, 0.2) is 48.5 Å². The number of anilines is 1. The molecule has 1 N–H and O–H groups in total. The number of amides is 1. The van der Waals surface area contributed by atoms with Crippen LogP contribution in [0.4, 0.5) is 10.1 Å². The van der Waals surface area contributed by atoms with Gasteiger partial charge in [-0.05, 0) is 50.2 Å². The molecule has 1 saturated heterocycles. The summed E-state index contributed by atoms with van der Waals surface area (Å²) < 4.78 is 24.6. The van der Waals surface area contributed by atoms with Crippen molar-refractivity contribution in [3.63, 3.8) is 0 Å². The molecule has 2 aromatic rings. The minimum absolute atomic E-state index is 0.0198. The molecule has 27 heavy (non-hydrogen) atoms. The van der Waals surface area contributed by atoms with Crippen molar-refractivity contribution in [3.8, 4) is 5.75 Å². The number of carbonyl (C=O) groups excluding carboxylic acids is 1. The van der Waals surface area contributed by atoms with Gasteiger partial charge < -0.3 is 19.7 Å². The zero-order valence-electron chi connectivity index (χ0n) is 15.7. The van der Waals surface area contributed by atoms with Crippen LogP contribution in [0.5, 0.6) is 5.75 Å². The Labute approximate surface area is 159 Å². The summed E-state index contributed by atoms with van der Waals surface area (Å²) in [5.41, 5.74) is 1.54. The van der Waals surface area contributed by atoms with Crippen molar-refractivity contribution in [1.29, 1.82) is 0 Å². The highest BCUT2D eigenvalue weighted by Crippen LogP contribution is 2.17. The molecule has 0 saturated carbocycles. The zero-order valence-corrected chi connectivity index (χ0v) is 15.7. The summed E-state index contributed by atoms with van der Waals surface area (Å²) in [5.74, 6) is -0.104. The number of ether oxygens (including phenoxy) is 2. The number of morpholine rings is 1. The van der Waals surface area contributed by atoms with Crippen LogP contribution in [-0.4, -0.2) is 49.3 Å². The van der Waals surface area contributed by atoms with Gasteiger partial charge in [0.15, 0.2) is 11.6 Å². The number of benzene rings is 2. The van der Waals surface area contributed by atoms with Gasteiger partial charge in [0.25, 0.3) is 5.91 Å². The largest absolute Gasteiger partial charge is 0.489 e. The summed E-state index contributed by atoms with van der Waals surface area (Å²) in [5, 5.41) is 3.20. The molecular weight excluding hydrogens is 347 g/mol. The normalized spacial score (nSPS) is 19.6. The molecule has 1 aliphatic heterocycles. The summed E-state index contributed by atoms with van der Waals surface area (Å²) in [6, 6.07) is 13.7. The third-order valence-electron chi connectivity index (χ3n) is 4.36. The highest BCUT2D eigenvalue weighted by atomic mass is 19.1. The molecule has 144 valence electrons. The standard InChI is InChI=1S/C21H25FN2O3/c1-15-13-24(14-16(2)27-15)21(25)17-7-9-18(10-8-17)23-11-12-26-20-6-4-3-5-19(20)22/h3-10,15-16,23H,11-14H2,1-2H3. The SMILES string of the molecule is CC1CN(C(=O)c2ccc(NCCOc3ccccc3F)cc2)CC(C)O1. The lowest BCUT2D eigenvalue weighted by molar-refractivity contribution is -0.0586. The summed E-state index contributed by atoms with van der Waals surface area (Å²) in [6.07, 6.45) is 0.0983. The second-order valence-corrected chi connectivity index (χ2v) is 6.75. The molecule has 0 spiro atoms. The molecular formula is C21H25FN2O3. The fourth-order valence-electron chi connectivity index (χ4n) is 3.18. The van der Waals surface area contributed by atoms with Crippen molar-refractivity contribution in [1.82, 2.24) is 4.90 Å². The Balaban J connectivity index is 1.48. The minimum atomic E-state index is -0.368. The van der Waals surface area contributed by atoms with Crippen LogP contribution >= 0.6 is 0 Å². The smallest absolute Gasteiger partial charge is 0.254 e. The van der Waals surface area contributed by atoms with Crippen LogP contribution in [0.3, 0.4) is 0 Å². The van der Waals surface area contributed by atoms with Gasteiger partial charge in [-0.15, -0.1) is 0 Å². The van der Waals surface area contributed by atoms with E-state index in [0.29, 0.717) is 31.8 Å². The van der Waals surface area contributed by atoms with E-state index in [1.54, 1.807) is 18.2 Å². The first kappa shape index (κ1) is 19.2. The average molecular weight is 372 g/mol. The first-order chi connectivity index (χ1) is 13.0. The van der Waals surface area contributed by atoms with Crippen LogP contribution < -0.4 is 10.1 Å². The minimum Gasteiger partial charge on any atom is -0.489 e. The molecule has 0 aliphatic carbocycles. The van der Waals surface area contributed by atoms with E-state index < -0.39 is 0 Å². The maximum atomic E-state index is 13.5. The quantitative estimate of drug-likeness (QED) is 0.788. The third-order valence-corrected chi connectivity index (χ3v) is 4.36. The monoisotopic (exact) mass is 372 g/mol. The van der Waals surface area contributed by atoms with Gasteiger partial charge in [0.05, 0.1) is 12.2 Å². The Bertz CT molecular complexity index is 756. The lowest BCUT2D eigenvalue weighted by Crippen LogP contribution is -2.48. The molecule has 0 bridgehead atoms. The average Bonchev–Trinajstić information content (AvgIpc) is 2.66. The van der Waals surface area contributed by atoms with E-state index in [1.807, 2.05) is 43.0 Å². The highest BCUT2D eigenvalue weighted by molar-refractivity contribution is 5.94. The van der Waals surface area contributed by atoms with Crippen molar-refractivity contribution in [2.45, 2.75) is 26.1 Å². The summed E-state index contributed by atoms with van der Waals surface area (Å²) in [6.45, 7) is 6.04. The summed E-state index contributed by atoms with van der Waals surface area (Å²) in [4.78, 5) is 14.5. The number of nitrogens with zero attached hydrogens (tertiary/aromatic N) is 1. The number of nitrogens with one attached hydrogen (secondary N) is 1. The van der Waals surface area contributed by atoms with Crippen molar-refractivity contribution in [2.75, 3.05) is 31.6 Å². The van der Waals surface area contributed by atoms with Gasteiger partial charge in [0.1, 0.15) is 6.61 Å². The van der Waals surface area contributed by atoms with E-state index in [-0.39, 0.29) is 29.7 Å². The molecule has 2 atom stereocenters. The molecule has 1 fully saturated rings. The molecule has 5 nitrogen and oxygen atoms in total. The number of para-hydroxylation sites is 1. The van der Waals surface area contributed by atoms with Crippen LogP contribution in [0.2, 0.25) is 0 Å². The fraction of sp³-hybridized carbons (Fsp3) is 0.381.